The molecule has 1 aliphatic rings. The number of hydrogen-bond donors (Lipinski definition) is 2. The number of methoxy groups -OCH3 is 4. The molecule has 0 aliphatic carbocycles. The minimum atomic E-state index is -0.111. The third-order valence-corrected chi connectivity index (χ3v) is 5.58. The number of carbonyl (C=O) groups is 1. The Labute approximate surface area is 177 Å². The van der Waals surface area contributed by atoms with Crippen LogP contribution in [0.3, 0.4) is 0 Å². The summed E-state index contributed by atoms with van der Waals surface area (Å²) >= 11 is 0. The lowest BCUT2D eigenvalue weighted by molar-refractivity contribution is -0.934. The van der Waals surface area contributed by atoms with Crippen molar-refractivity contribution in [3.63, 3.8) is 0 Å². The van der Waals surface area contributed by atoms with Gasteiger partial charge < -0.3 is 29.2 Å². The predicted molar refractivity (Wildman–Crippen MR) is 115 cm³/mol. The summed E-state index contributed by atoms with van der Waals surface area (Å²) in [5, 5.41) is 3.05. The molecule has 2 unspecified atom stereocenters. The first-order valence-corrected chi connectivity index (χ1v) is 10.2. The highest BCUT2D eigenvalue weighted by atomic mass is 16.5. The number of nitrogens with one attached hydrogen (secondary N) is 2. The Balaban J connectivity index is 1.73. The van der Waals surface area contributed by atoms with Crippen LogP contribution in [0.25, 0.3) is 0 Å². The van der Waals surface area contributed by atoms with E-state index in [1.165, 1.54) is 4.90 Å². The van der Waals surface area contributed by atoms with Crippen LogP contribution in [0.15, 0.2) is 36.4 Å². The van der Waals surface area contributed by atoms with Crippen molar-refractivity contribution in [2.75, 3.05) is 40.3 Å². The molecule has 2 N–H and O–H groups in total. The first-order chi connectivity index (χ1) is 14.6. The van der Waals surface area contributed by atoms with Gasteiger partial charge in [0.25, 0.3) is 5.91 Å². The zero-order chi connectivity index (χ0) is 21.5. The Hall–Kier alpha value is -2.93. The van der Waals surface area contributed by atoms with Gasteiger partial charge in [0.1, 0.15) is 6.54 Å². The highest BCUT2D eigenvalue weighted by Crippen LogP contribution is 2.30. The van der Waals surface area contributed by atoms with E-state index < -0.39 is 0 Å². The van der Waals surface area contributed by atoms with E-state index in [9.17, 15) is 4.79 Å². The molecule has 0 radical (unpaired) electrons. The standard InChI is InChI=1S/C23H30N2O5/c1-27-19-10-8-16(13-21(19)29-3)15-25-12-6-5-7-18(25)23(26)24-17-9-11-20(28-2)22(14-17)30-4/h8-11,13-14,18H,5-7,12,15H2,1-4H3,(H,24,26)/p+1. The average molecular weight is 416 g/mol. The van der Waals surface area contributed by atoms with E-state index in [0.717, 1.165) is 37.9 Å². The second-order valence-electron chi connectivity index (χ2n) is 7.38. The van der Waals surface area contributed by atoms with Crippen molar-refractivity contribution in [3.8, 4) is 23.0 Å². The van der Waals surface area contributed by atoms with Crippen LogP contribution in [0, 0.1) is 0 Å². The van der Waals surface area contributed by atoms with Gasteiger partial charge in [-0.05, 0) is 43.2 Å². The second kappa shape index (κ2) is 10.2. The van der Waals surface area contributed by atoms with E-state index >= 15 is 0 Å². The van der Waals surface area contributed by atoms with Crippen molar-refractivity contribution in [1.29, 1.82) is 0 Å². The van der Waals surface area contributed by atoms with Crippen LogP contribution >= 0.6 is 0 Å². The normalized spacial score (nSPS) is 18.4. The Bertz CT molecular complexity index is 871. The van der Waals surface area contributed by atoms with Gasteiger partial charge in [0.2, 0.25) is 0 Å². The molecule has 7 heteroatoms. The topological polar surface area (TPSA) is 70.5 Å². The molecule has 162 valence electrons. The lowest BCUT2D eigenvalue weighted by Gasteiger charge is -2.31. The molecule has 1 amide bonds. The van der Waals surface area contributed by atoms with Crippen LogP contribution in [0.1, 0.15) is 24.8 Å². The van der Waals surface area contributed by atoms with Gasteiger partial charge >= 0.3 is 0 Å². The Morgan fingerprint density at radius 1 is 0.900 bits per heavy atom. The summed E-state index contributed by atoms with van der Waals surface area (Å²) in [4.78, 5) is 14.4. The number of benzene rings is 2. The third-order valence-electron chi connectivity index (χ3n) is 5.58. The summed E-state index contributed by atoms with van der Waals surface area (Å²) in [7, 11) is 6.43. The van der Waals surface area contributed by atoms with Crippen LogP contribution in [0.2, 0.25) is 0 Å². The molecular formula is C23H31N2O5+. The summed E-state index contributed by atoms with van der Waals surface area (Å²) in [6.07, 6.45) is 3.03. The SMILES string of the molecule is COc1ccc(C[NH+]2CCCCC2C(=O)Nc2ccc(OC)c(OC)c2)cc1OC. The number of amides is 1. The highest BCUT2D eigenvalue weighted by molar-refractivity contribution is 5.94. The maximum Gasteiger partial charge on any atom is 0.282 e. The van der Waals surface area contributed by atoms with E-state index in [1.807, 2.05) is 24.3 Å². The molecule has 7 nitrogen and oxygen atoms in total. The fourth-order valence-electron chi connectivity index (χ4n) is 4.00. The van der Waals surface area contributed by atoms with E-state index in [-0.39, 0.29) is 11.9 Å². The second-order valence-corrected chi connectivity index (χ2v) is 7.38. The number of carbonyl (C=O) groups excluding carboxylic acids is 1. The zero-order valence-electron chi connectivity index (χ0n) is 18.1. The highest BCUT2D eigenvalue weighted by Gasteiger charge is 2.32. The quantitative estimate of drug-likeness (QED) is 0.692. The summed E-state index contributed by atoms with van der Waals surface area (Å²) < 4.78 is 21.4. The van der Waals surface area contributed by atoms with Crippen molar-refractivity contribution in [1.82, 2.24) is 0 Å². The number of piperidine rings is 1. The lowest BCUT2D eigenvalue weighted by Crippen LogP contribution is -3.16. The Kier molecular flexibility index (Phi) is 7.41. The summed E-state index contributed by atoms with van der Waals surface area (Å²) in [5.74, 6) is 2.66. The molecular weight excluding hydrogens is 384 g/mol. The monoisotopic (exact) mass is 415 g/mol. The average Bonchev–Trinajstić information content (AvgIpc) is 2.79. The molecule has 2 aromatic carbocycles. The van der Waals surface area contributed by atoms with Crippen molar-refractivity contribution >= 4 is 11.6 Å². The smallest absolute Gasteiger partial charge is 0.282 e. The molecule has 0 bridgehead atoms. The molecule has 0 spiro atoms. The van der Waals surface area contributed by atoms with Gasteiger partial charge in [-0.2, -0.15) is 0 Å². The van der Waals surface area contributed by atoms with Crippen molar-refractivity contribution in [2.45, 2.75) is 31.8 Å². The zero-order valence-corrected chi connectivity index (χ0v) is 18.1. The Morgan fingerprint density at radius 3 is 2.20 bits per heavy atom. The molecule has 2 aromatic rings. The summed E-state index contributed by atoms with van der Waals surface area (Å²) in [5.41, 5.74) is 1.82. The maximum atomic E-state index is 13.1. The minimum absolute atomic E-state index is 0.0254. The number of likely N-dealkylation sites (tertiary alicyclic amines) is 1. The number of quaternary nitrogens is 1. The van der Waals surface area contributed by atoms with Gasteiger partial charge in [-0.1, -0.05) is 0 Å². The number of anilines is 1. The van der Waals surface area contributed by atoms with Crippen molar-refractivity contribution in [2.24, 2.45) is 0 Å². The van der Waals surface area contributed by atoms with E-state index in [0.29, 0.717) is 28.7 Å². The molecule has 0 saturated carbocycles. The van der Waals surface area contributed by atoms with Crippen molar-refractivity contribution < 1.29 is 28.6 Å². The number of hydrogen-bond acceptors (Lipinski definition) is 5. The van der Waals surface area contributed by atoms with E-state index in [2.05, 4.69) is 5.32 Å². The molecule has 1 heterocycles. The van der Waals surface area contributed by atoms with E-state index in [1.54, 1.807) is 40.6 Å². The molecule has 2 atom stereocenters. The van der Waals surface area contributed by atoms with Gasteiger partial charge in [-0.15, -0.1) is 0 Å². The summed E-state index contributed by atoms with van der Waals surface area (Å²) in [6, 6.07) is 11.2. The lowest BCUT2D eigenvalue weighted by atomic mass is 10.00. The first kappa shape index (κ1) is 21.8. The van der Waals surface area contributed by atoms with Crippen LogP contribution in [-0.2, 0) is 11.3 Å². The van der Waals surface area contributed by atoms with Crippen LogP contribution < -0.4 is 29.2 Å². The first-order valence-electron chi connectivity index (χ1n) is 10.2. The van der Waals surface area contributed by atoms with Crippen LogP contribution in [0.5, 0.6) is 23.0 Å². The number of ether oxygens (including phenoxy) is 4. The predicted octanol–water partition coefficient (Wildman–Crippen LogP) is 2.30. The van der Waals surface area contributed by atoms with Gasteiger partial charge in [0, 0.05) is 23.7 Å². The van der Waals surface area contributed by atoms with Gasteiger partial charge in [0.05, 0.1) is 35.0 Å². The third kappa shape index (κ3) is 4.97. The molecule has 30 heavy (non-hydrogen) atoms. The molecule has 1 aliphatic heterocycles. The number of rotatable bonds is 8. The van der Waals surface area contributed by atoms with Crippen LogP contribution in [-0.4, -0.2) is 46.9 Å². The minimum Gasteiger partial charge on any atom is -0.493 e. The fourth-order valence-corrected chi connectivity index (χ4v) is 4.00. The summed E-state index contributed by atoms with van der Waals surface area (Å²) in [6.45, 7) is 1.71. The Morgan fingerprint density at radius 2 is 1.53 bits per heavy atom. The van der Waals surface area contributed by atoms with Crippen LogP contribution in [0.4, 0.5) is 5.69 Å². The van der Waals surface area contributed by atoms with E-state index in [4.69, 9.17) is 18.9 Å². The molecule has 0 aromatic heterocycles. The van der Waals surface area contributed by atoms with Gasteiger partial charge in [0.15, 0.2) is 29.0 Å². The van der Waals surface area contributed by atoms with Crippen molar-refractivity contribution in [3.05, 3.63) is 42.0 Å². The molecule has 3 rings (SSSR count). The molecule has 1 saturated heterocycles. The molecule has 1 fully saturated rings. The largest absolute Gasteiger partial charge is 0.493 e. The fraction of sp³-hybridized carbons (Fsp3) is 0.435. The van der Waals surface area contributed by atoms with Gasteiger partial charge in [-0.3, -0.25) is 4.79 Å². The van der Waals surface area contributed by atoms with Gasteiger partial charge in [-0.25, -0.2) is 0 Å². The maximum absolute atomic E-state index is 13.1.